The summed E-state index contributed by atoms with van der Waals surface area (Å²) in [6.07, 6.45) is 6.39. The van der Waals surface area contributed by atoms with Crippen LogP contribution in [0.4, 0.5) is 0 Å². The molecule has 1 unspecified atom stereocenters. The summed E-state index contributed by atoms with van der Waals surface area (Å²) in [5.74, 6) is 1.75. The predicted molar refractivity (Wildman–Crippen MR) is 58.9 cm³/mol. The average Bonchev–Trinajstić information content (AvgIpc) is 2.98. The number of aromatic nitrogens is 2. The molecule has 1 N–H and O–H groups in total. The maximum absolute atomic E-state index is 5.53. The molecule has 1 atom stereocenters. The second-order valence-corrected chi connectivity index (χ2v) is 4.28. The van der Waals surface area contributed by atoms with Gasteiger partial charge in [0.15, 0.2) is 5.75 Å². The zero-order valence-corrected chi connectivity index (χ0v) is 9.44. The molecule has 0 amide bonds. The summed E-state index contributed by atoms with van der Waals surface area (Å²) in [7, 11) is 1.89. The van der Waals surface area contributed by atoms with E-state index < -0.39 is 0 Å². The standard InChI is InChI=1S/C11H19N3O/c1-9(10-3-4-10)12-5-6-15-11-7-13-14(2)8-11/h7-10,12H,3-6H2,1-2H3. The predicted octanol–water partition coefficient (Wildman–Crippen LogP) is 1.19. The van der Waals surface area contributed by atoms with E-state index in [9.17, 15) is 0 Å². The molecule has 0 spiro atoms. The minimum absolute atomic E-state index is 0.641. The lowest BCUT2D eigenvalue weighted by atomic mass is 10.2. The molecule has 0 aromatic carbocycles. The number of hydrogen-bond donors (Lipinski definition) is 1. The van der Waals surface area contributed by atoms with E-state index in [1.165, 1.54) is 12.8 Å². The molecule has 1 aromatic heterocycles. The number of nitrogens with one attached hydrogen (secondary N) is 1. The van der Waals surface area contributed by atoms with Crippen LogP contribution < -0.4 is 10.1 Å². The summed E-state index contributed by atoms with van der Waals surface area (Å²) in [6, 6.07) is 0.641. The molecule has 0 radical (unpaired) electrons. The van der Waals surface area contributed by atoms with Crippen LogP contribution in [0.15, 0.2) is 12.4 Å². The van der Waals surface area contributed by atoms with Crippen molar-refractivity contribution in [2.75, 3.05) is 13.2 Å². The van der Waals surface area contributed by atoms with Crippen LogP contribution in [-0.4, -0.2) is 29.0 Å². The molecule has 1 fully saturated rings. The van der Waals surface area contributed by atoms with E-state index in [0.717, 1.165) is 18.2 Å². The Morgan fingerprint density at radius 2 is 2.47 bits per heavy atom. The van der Waals surface area contributed by atoms with Crippen molar-refractivity contribution in [3.8, 4) is 5.75 Å². The smallest absolute Gasteiger partial charge is 0.157 e. The third-order valence-electron chi connectivity index (χ3n) is 2.85. The number of aryl methyl sites for hydroxylation is 1. The summed E-state index contributed by atoms with van der Waals surface area (Å²) in [5, 5.41) is 7.51. The van der Waals surface area contributed by atoms with Gasteiger partial charge in [-0.05, 0) is 25.7 Å². The number of ether oxygens (including phenoxy) is 1. The van der Waals surface area contributed by atoms with Gasteiger partial charge in [-0.15, -0.1) is 0 Å². The molecule has 0 aliphatic heterocycles. The van der Waals surface area contributed by atoms with Crippen molar-refractivity contribution in [3.05, 3.63) is 12.4 Å². The molecular weight excluding hydrogens is 190 g/mol. The van der Waals surface area contributed by atoms with E-state index in [1.807, 2.05) is 13.2 Å². The highest BCUT2D eigenvalue weighted by Gasteiger charge is 2.27. The van der Waals surface area contributed by atoms with Gasteiger partial charge in [0, 0.05) is 19.6 Å². The van der Waals surface area contributed by atoms with Gasteiger partial charge < -0.3 is 10.1 Å². The summed E-state index contributed by atoms with van der Waals surface area (Å²) in [4.78, 5) is 0. The summed E-state index contributed by atoms with van der Waals surface area (Å²) in [6.45, 7) is 3.87. The Morgan fingerprint density at radius 1 is 1.67 bits per heavy atom. The van der Waals surface area contributed by atoms with Crippen LogP contribution >= 0.6 is 0 Å². The van der Waals surface area contributed by atoms with Crippen LogP contribution in [-0.2, 0) is 7.05 Å². The monoisotopic (exact) mass is 209 g/mol. The average molecular weight is 209 g/mol. The summed E-state index contributed by atoms with van der Waals surface area (Å²) in [5.41, 5.74) is 0. The van der Waals surface area contributed by atoms with Crippen molar-refractivity contribution < 1.29 is 4.74 Å². The normalized spacial score (nSPS) is 17.7. The van der Waals surface area contributed by atoms with E-state index in [-0.39, 0.29) is 0 Å². The van der Waals surface area contributed by atoms with Crippen molar-refractivity contribution >= 4 is 0 Å². The lowest BCUT2D eigenvalue weighted by Gasteiger charge is -2.12. The molecule has 1 saturated carbocycles. The third-order valence-corrected chi connectivity index (χ3v) is 2.85. The van der Waals surface area contributed by atoms with Crippen LogP contribution in [0.3, 0.4) is 0 Å². The molecule has 2 rings (SSSR count). The maximum atomic E-state index is 5.53. The van der Waals surface area contributed by atoms with Crippen LogP contribution in [0.5, 0.6) is 5.75 Å². The van der Waals surface area contributed by atoms with Crippen molar-refractivity contribution in [3.63, 3.8) is 0 Å². The molecule has 4 heteroatoms. The molecular formula is C11H19N3O. The molecule has 0 bridgehead atoms. The first-order valence-corrected chi connectivity index (χ1v) is 5.60. The van der Waals surface area contributed by atoms with Crippen molar-refractivity contribution in [2.24, 2.45) is 13.0 Å². The summed E-state index contributed by atoms with van der Waals surface area (Å²) < 4.78 is 7.28. The zero-order valence-electron chi connectivity index (χ0n) is 9.44. The highest BCUT2D eigenvalue weighted by Crippen LogP contribution is 2.32. The molecule has 4 nitrogen and oxygen atoms in total. The van der Waals surface area contributed by atoms with E-state index in [0.29, 0.717) is 12.6 Å². The second kappa shape index (κ2) is 4.66. The van der Waals surface area contributed by atoms with Gasteiger partial charge in [0.2, 0.25) is 0 Å². The Kier molecular flexibility index (Phi) is 3.26. The molecule has 1 aromatic rings. The Hall–Kier alpha value is -1.03. The van der Waals surface area contributed by atoms with Gasteiger partial charge in [-0.2, -0.15) is 5.10 Å². The number of rotatable bonds is 6. The largest absolute Gasteiger partial charge is 0.489 e. The van der Waals surface area contributed by atoms with Gasteiger partial charge in [-0.25, -0.2) is 0 Å². The van der Waals surface area contributed by atoms with Gasteiger partial charge in [0.1, 0.15) is 6.61 Å². The lowest BCUT2D eigenvalue weighted by Crippen LogP contribution is -2.31. The van der Waals surface area contributed by atoms with E-state index >= 15 is 0 Å². The van der Waals surface area contributed by atoms with E-state index in [2.05, 4.69) is 17.3 Å². The number of hydrogen-bond acceptors (Lipinski definition) is 3. The minimum Gasteiger partial charge on any atom is -0.489 e. The van der Waals surface area contributed by atoms with Gasteiger partial charge in [0.05, 0.1) is 12.4 Å². The maximum Gasteiger partial charge on any atom is 0.157 e. The van der Waals surface area contributed by atoms with Crippen LogP contribution in [0.1, 0.15) is 19.8 Å². The molecule has 0 saturated heterocycles. The molecule has 1 heterocycles. The van der Waals surface area contributed by atoms with Gasteiger partial charge >= 0.3 is 0 Å². The molecule has 1 aliphatic carbocycles. The zero-order chi connectivity index (χ0) is 10.7. The fourth-order valence-corrected chi connectivity index (χ4v) is 1.69. The summed E-state index contributed by atoms with van der Waals surface area (Å²) >= 11 is 0. The molecule has 15 heavy (non-hydrogen) atoms. The van der Waals surface area contributed by atoms with Crippen LogP contribution in [0.2, 0.25) is 0 Å². The SMILES string of the molecule is CC(NCCOc1cnn(C)c1)C1CC1. The highest BCUT2D eigenvalue weighted by atomic mass is 16.5. The molecule has 1 aliphatic rings. The van der Waals surface area contributed by atoms with Gasteiger partial charge in [0.25, 0.3) is 0 Å². The first-order chi connectivity index (χ1) is 7.25. The Bertz CT molecular complexity index is 307. The van der Waals surface area contributed by atoms with E-state index in [1.54, 1.807) is 10.9 Å². The highest BCUT2D eigenvalue weighted by molar-refractivity contribution is 5.11. The quantitative estimate of drug-likeness (QED) is 0.715. The van der Waals surface area contributed by atoms with Gasteiger partial charge in [-0.1, -0.05) is 0 Å². The van der Waals surface area contributed by atoms with Crippen LogP contribution in [0.25, 0.3) is 0 Å². The van der Waals surface area contributed by atoms with Gasteiger partial charge in [-0.3, -0.25) is 4.68 Å². The fourth-order valence-electron chi connectivity index (χ4n) is 1.69. The molecule has 84 valence electrons. The second-order valence-electron chi connectivity index (χ2n) is 4.28. The first kappa shape index (κ1) is 10.5. The van der Waals surface area contributed by atoms with Crippen molar-refractivity contribution in [1.29, 1.82) is 0 Å². The Labute approximate surface area is 90.6 Å². The van der Waals surface area contributed by atoms with Crippen molar-refractivity contribution in [1.82, 2.24) is 15.1 Å². The van der Waals surface area contributed by atoms with Crippen LogP contribution in [0, 0.1) is 5.92 Å². The fraction of sp³-hybridized carbons (Fsp3) is 0.727. The third kappa shape index (κ3) is 3.23. The Balaban J connectivity index is 1.58. The Morgan fingerprint density at radius 3 is 3.07 bits per heavy atom. The lowest BCUT2D eigenvalue weighted by molar-refractivity contribution is 0.303. The van der Waals surface area contributed by atoms with E-state index in [4.69, 9.17) is 4.74 Å². The first-order valence-electron chi connectivity index (χ1n) is 5.60. The topological polar surface area (TPSA) is 39.1 Å². The minimum atomic E-state index is 0.641. The van der Waals surface area contributed by atoms with Crippen molar-refractivity contribution in [2.45, 2.75) is 25.8 Å². The number of nitrogens with zero attached hydrogens (tertiary/aromatic N) is 2.